The number of hydrogen-bond acceptors (Lipinski definition) is 5. The van der Waals surface area contributed by atoms with Gasteiger partial charge in [0.2, 0.25) is 0 Å². The maximum absolute atomic E-state index is 9.81. The fourth-order valence-corrected chi connectivity index (χ4v) is 3.62. The Bertz CT molecular complexity index is 920. The second kappa shape index (κ2) is 7.84. The van der Waals surface area contributed by atoms with Crippen LogP contribution in [0.1, 0.15) is 18.4 Å². The molecule has 4 rings (SSSR count). The van der Waals surface area contributed by atoms with Gasteiger partial charge in [0.05, 0.1) is 19.2 Å². The van der Waals surface area contributed by atoms with E-state index in [-0.39, 0.29) is 12.7 Å². The van der Waals surface area contributed by atoms with E-state index in [1.807, 2.05) is 54.6 Å². The summed E-state index contributed by atoms with van der Waals surface area (Å²) in [6, 6.07) is 17.8. The number of fused-ring (bicyclic) bond motifs is 1. The molecule has 1 aromatic heterocycles. The summed E-state index contributed by atoms with van der Waals surface area (Å²) in [5.74, 6) is 2.43. The topological polar surface area (TPSA) is 54.8 Å². The van der Waals surface area contributed by atoms with E-state index in [1.54, 1.807) is 7.11 Å². The molecule has 3 aromatic rings. The van der Waals surface area contributed by atoms with Crippen LogP contribution in [0, 0.1) is 0 Å². The molecule has 0 aliphatic carbocycles. The van der Waals surface area contributed by atoms with Gasteiger partial charge in [0, 0.05) is 36.9 Å². The Morgan fingerprint density at radius 2 is 1.74 bits per heavy atom. The van der Waals surface area contributed by atoms with Gasteiger partial charge in [0.1, 0.15) is 11.9 Å². The van der Waals surface area contributed by atoms with E-state index in [1.165, 1.54) is 0 Å². The third kappa shape index (κ3) is 3.69. The molecule has 2 heterocycles. The number of aromatic nitrogens is 1. The predicted octanol–water partition coefficient (Wildman–Crippen LogP) is 3.78. The van der Waals surface area contributed by atoms with Crippen LogP contribution in [0.3, 0.4) is 0 Å². The summed E-state index contributed by atoms with van der Waals surface area (Å²) in [6.07, 6.45) is 1.95. The van der Waals surface area contributed by atoms with E-state index in [9.17, 15) is 5.11 Å². The van der Waals surface area contributed by atoms with Crippen molar-refractivity contribution in [3.63, 3.8) is 0 Å². The maximum Gasteiger partial charge on any atom is 0.161 e. The number of aliphatic hydroxyl groups excluding tert-OH is 1. The van der Waals surface area contributed by atoms with Crippen LogP contribution in [0.15, 0.2) is 54.6 Å². The lowest BCUT2D eigenvalue weighted by molar-refractivity contribution is 0.164. The Kier molecular flexibility index (Phi) is 5.12. The molecule has 0 amide bonds. The minimum atomic E-state index is -0.00912. The summed E-state index contributed by atoms with van der Waals surface area (Å²) in [7, 11) is 1.66. The van der Waals surface area contributed by atoms with Crippen molar-refractivity contribution in [2.75, 3.05) is 25.1 Å². The van der Waals surface area contributed by atoms with Gasteiger partial charge in [0.15, 0.2) is 11.5 Å². The van der Waals surface area contributed by atoms with Crippen LogP contribution < -0.4 is 14.4 Å². The predicted molar refractivity (Wildman–Crippen MR) is 107 cm³/mol. The minimum absolute atomic E-state index is 0.00912. The van der Waals surface area contributed by atoms with Crippen LogP contribution in [0.4, 0.5) is 5.82 Å². The van der Waals surface area contributed by atoms with E-state index in [2.05, 4.69) is 4.90 Å². The number of anilines is 1. The van der Waals surface area contributed by atoms with Crippen LogP contribution >= 0.6 is 0 Å². The molecule has 0 saturated carbocycles. The summed E-state index contributed by atoms with van der Waals surface area (Å²) in [4.78, 5) is 7.06. The van der Waals surface area contributed by atoms with Crippen molar-refractivity contribution < 1.29 is 14.6 Å². The number of nitrogens with zero attached hydrogens (tertiary/aromatic N) is 2. The smallest absolute Gasteiger partial charge is 0.161 e. The highest BCUT2D eigenvalue weighted by molar-refractivity contribution is 5.81. The van der Waals surface area contributed by atoms with E-state index in [0.29, 0.717) is 0 Å². The molecule has 1 saturated heterocycles. The van der Waals surface area contributed by atoms with E-state index in [4.69, 9.17) is 14.5 Å². The summed E-state index contributed by atoms with van der Waals surface area (Å²) in [5, 5.41) is 10.9. The monoisotopic (exact) mass is 364 g/mol. The molecule has 2 aromatic carbocycles. The van der Waals surface area contributed by atoms with Crippen LogP contribution in [-0.4, -0.2) is 36.4 Å². The van der Waals surface area contributed by atoms with Crippen molar-refractivity contribution in [3.8, 4) is 11.5 Å². The van der Waals surface area contributed by atoms with Crippen LogP contribution in [0.5, 0.6) is 11.5 Å². The van der Waals surface area contributed by atoms with Gasteiger partial charge in [-0.1, -0.05) is 30.3 Å². The van der Waals surface area contributed by atoms with Crippen molar-refractivity contribution in [3.05, 3.63) is 60.2 Å². The van der Waals surface area contributed by atoms with Crippen LogP contribution in [0.2, 0.25) is 0 Å². The molecular formula is C22H24N2O3. The number of ether oxygens (including phenoxy) is 2. The second-order valence-electron chi connectivity index (χ2n) is 6.78. The number of piperidine rings is 1. The quantitative estimate of drug-likeness (QED) is 0.747. The average Bonchev–Trinajstić information content (AvgIpc) is 2.73. The average molecular weight is 364 g/mol. The third-order valence-corrected chi connectivity index (χ3v) is 5.05. The molecule has 27 heavy (non-hydrogen) atoms. The molecule has 0 spiro atoms. The Morgan fingerprint density at radius 1 is 1.04 bits per heavy atom. The molecule has 0 unspecified atom stereocenters. The summed E-state index contributed by atoms with van der Waals surface area (Å²) >= 11 is 0. The molecule has 0 radical (unpaired) electrons. The highest BCUT2D eigenvalue weighted by Crippen LogP contribution is 2.31. The fraction of sp³-hybridized carbons (Fsp3) is 0.318. The highest BCUT2D eigenvalue weighted by atomic mass is 16.5. The lowest BCUT2D eigenvalue weighted by atomic mass is 10.1. The minimum Gasteiger partial charge on any atom is -0.493 e. The van der Waals surface area contributed by atoms with E-state index in [0.717, 1.165) is 59.7 Å². The molecule has 5 nitrogen and oxygen atoms in total. The Labute approximate surface area is 159 Å². The molecule has 1 N–H and O–H groups in total. The number of rotatable bonds is 5. The van der Waals surface area contributed by atoms with Gasteiger partial charge in [-0.3, -0.25) is 0 Å². The maximum atomic E-state index is 9.81. The van der Waals surface area contributed by atoms with Crippen molar-refractivity contribution in [2.45, 2.75) is 25.6 Å². The lowest BCUT2D eigenvalue weighted by Crippen LogP contribution is -2.39. The Morgan fingerprint density at radius 3 is 2.48 bits per heavy atom. The second-order valence-corrected chi connectivity index (χ2v) is 6.78. The molecule has 1 aliphatic heterocycles. The van der Waals surface area contributed by atoms with Crippen LogP contribution in [-0.2, 0) is 6.61 Å². The largest absolute Gasteiger partial charge is 0.493 e. The van der Waals surface area contributed by atoms with Crippen molar-refractivity contribution in [2.24, 2.45) is 0 Å². The zero-order chi connectivity index (χ0) is 18.6. The number of methoxy groups -OCH3 is 1. The first-order chi connectivity index (χ1) is 13.3. The number of para-hydroxylation sites is 3. The summed E-state index contributed by atoms with van der Waals surface area (Å²) < 4.78 is 11.5. The van der Waals surface area contributed by atoms with Gasteiger partial charge in [-0.05, 0) is 24.3 Å². The van der Waals surface area contributed by atoms with Gasteiger partial charge in [-0.2, -0.15) is 0 Å². The first-order valence-electron chi connectivity index (χ1n) is 9.32. The van der Waals surface area contributed by atoms with Crippen LogP contribution in [0.25, 0.3) is 10.9 Å². The summed E-state index contributed by atoms with van der Waals surface area (Å²) in [6.45, 7) is 1.68. The number of benzene rings is 2. The normalized spacial score (nSPS) is 15.1. The van der Waals surface area contributed by atoms with E-state index >= 15 is 0 Å². The Hall–Kier alpha value is -2.79. The molecule has 5 heteroatoms. The van der Waals surface area contributed by atoms with Crippen molar-refractivity contribution in [1.82, 2.24) is 4.98 Å². The fourth-order valence-electron chi connectivity index (χ4n) is 3.62. The van der Waals surface area contributed by atoms with Gasteiger partial charge >= 0.3 is 0 Å². The Balaban J connectivity index is 1.48. The molecule has 0 bridgehead atoms. The SMILES string of the molecule is COc1ccccc1OC1CCN(c2nc3ccccc3cc2CO)CC1. The molecule has 0 atom stereocenters. The third-order valence-electron chi connectivity index (χ3n) is 5.05. The van der Waals surface area contributed by atoms with Gasteiger partial charge < -0.3 is 19.5 Å². The molecule has 140 valence electrons. The standard InChI is InChI=1S/C22H24N2O3/c1-26-20-8-4-5-9-21(20)27-18-10-12-24(13-11-18)22-17(15-25)14-16-6-2-3-7-19(16)23-22/h2-9,14,18,25H,10-13,15H2,1H3. The first-order valence-corrected chi connectivity index (χ1v) is 9.32. The zero-order valence-electron chi connectivity index (χ0n) is 15.5. The van der Waals surface area contributed by atoms with Crippen molar-refractivity contribution >= 4 is 16.7 Å². The molecule has 1 aliphatic rings. The van der Waals surface area contributed by atoms with Gasteiger partial charge in [0.25, 0.3) is 0 Å². The highest BCUT2D eigenvalue weighted by Gasteiger charge is 2.24. The zero-order valence-corrected chi connectivity index (χ0v) is 15.5. The lowest BCUT2D eigenvalue weighted by Gasteiger charge is -2.34. The molecular weight excluding hydrogens is 340 g/mol. The van der Waals surface area contributed by atoms with Gasteiger partial charge in [-0.15, -0.1) is 0 Å². The number of pyridine rings is 1. The van der Waals surface area contributed by atoms with Crippen molar-refractivity contribution in [1.29, 1.82) is 0 Å². The number of aliphatic hydroxyl groups is 1. The summed E-state index contributed by atoms with van der Waals surface area (Å²) in [5.41, 5.74) is 1.83. The first kappa shape index (κ1) is 17.6. The molecule has 1 fully saturated rings. The number of hydrogen-bond donors (Lipinski definition) is 1. The van der Waals surface area contributed by atoms with E-state index < -0.39 is 0 Å². The van der Waals surface area contributed by atoms with Gasteiger partial charge in [-0.25, -0.2) is 4.98 Å².